The lowest BCUT2D eigenvalue weighted by molar-refractivity contribution is -0.383. The van der Waals surface area contributed by atoms with E-state index in [0.717, 1.165) is 19.4 Å². The molecule has 1 aromatic rings. The highest BCUT2D eigenvalue weighted by Gasteiger charge is 2.25. The first kappa shape index (κ1) is 23.4. The van der Waals surface area contributed by atoms with Gasteiger partial charge in [-0.05, 0) is 32.4 Å². The molecule has 0 aliphatic rings. The van der Waals surface area contributed by atoms with E-state index in [2.05, 4.69) is 30.4 Å². The van der Waals surface area contributed by atoms with Crippen molar-refractivity contribution >= 4 is 17.2 Å². The van der Waals surface area contributed by atoms with E-state index in [4.69, 9.17) is 0 Å². The van der Waals surface area contributed by atoms with Gasteiger partial charge in [0.1, 0.15) is 5.69 Å². The van der Waals surface area contributed by atoms with Gasteiger partial charge < -0.3 is 10.2 Å². The van der Waals surface area contributed by atoms with Gasteiger partial charge in [-0.3, -0.25) is 10.1 Å². The van der Waals surface area contributed by atoms with Gasteiger partial charge in [0.25, 0.3) is 0 Å². The van der Waals surface area contributed by atoms with Crippen LogP contribution in [-0.2, 0) is 0 Å². The fraction of sp³-hybridized carbons (Fsp3) is 0.450. The van der Waals surface area contributed by atoms with Crippen molar-refractivity contribution < 1.29 is 4.92 Å². The molecule has 144 valence electrons. The number of hydrogen-bond acceptors (Lipinski definition) is 5. The first-order valence-corrected chi connectivity index (χ1v) is 9.10. The number of allylic oxidation sites excluding steroid dienone is 3. The molecule has 0 saturated carbocycles. The van der Waals surface area contributed by atoms with Crippen LogP contribution in [0.15, 0.2) is 43.1 Å². The normalized spacial score (nSPS) is 10.0. The molecule has 0 radical (unpaired) electrons. The molecular formula is C20H32N4O2. The van der Waals surface area contributed by atoms with Crippen LogP contribution in [0.3, 0.4) is 0 Å². The third-order valence-electron chi connectivity index (χ3n) is 3.50. The van der Waals surface area contributed by atoms with Crippen molar-refractivity contribution in [1.29, 1.82) is 0 Å². The van der Waals surface area contributed by atoms with Crippen molar-refractivity contribution in [2.75, 3.05) is 23.3 Å². The summed E-state index contributed by atoms with van der Waals surface area (Å²) >= 11 is 0. The smallest absolute Gasteiger partial charge is 0.334 e. The molecule has 0 saturated heterocycles. The maximum Gasteiger partial charge on any atom is 0.334 e. The Hall–Kier alpha value is -2.63. The van der Waals surface area contributed by atoms with Crippen molar-refractivity contribution in [3.05, 3.63) is 59.0 Å². The Morgan fingerprint density at radius 3 is 2.58 bits per heavy atom. The van der Waals surface area contributed by atoms with Gasteiger partial charge in [-0.2, -0.15) is 0 Å². The van der Waals surface area contributed by atoms with Crippen LogP contribution in [0.4, 0.5) is 17.2 Å². The average molecular weight is 361 g/mol. The minimum Gasteiger partial charge on any atom is -0.366 e. The van der Waals surface area contributed by atoms with Gasteiger partial charge >= 0.3 is 5.69 Å². The van der Waals surface area contributed by atoms with E-state index in [1.165, 1.54) is 0 Å². The number of nitrogens with zero attached hydrogens (tertiary/aromatic N) is 3. The standard InChI is InChI=1S/C18H26N4O2.C2H6/c1-6-9-11-14(4)19-18-17(22(23)24)16(13-15(5)20-18)21(8-3)12-10-7-2;1-2/h6,9,11,13H,1,4,7-8,10,12H2,2-3,5H3,(H,19,20);1-2H3/b11-9-;. The lowest BCUT2D eigenvalue weighted by Gasteiger charge is -2.23. The van der Waals surface area contributed by atoms with E-state index < -0.39 is 0 Å². The van der Waals surface area contributed by atoms with Gasteiger partial charge in [-0.15, -0.1) is 0 Å². The number of rotatable bonds is 10. The molecule has 0 bridgehead atoms. The summed E-state index contributed by atoms with van der Waals surface area (Å²) < 4.78 is 0. The molecule has 1 rings (SSSR count). The molecule has 1 N–H and O–H groups in total. The van der Waals surface area contributed by atoms with Crippen LogP contribution in [0.25, 0.3) is 0 Å². The molecule has 0 spiro atoms. The second-order valence-corrected chi connectivity index (χ2v) is 5.42. The summed E-state index contributed by atoms with van der Waals surface area (Å²) in [4.78, 5) is 17.6. The molecular weight excluding hydrogens is 328 g/mol. The Morgan fingerprint density at radius 2 is 2.08 bits per heavy atom. The number of aromatic nitrogens is 1. The number of hydrogen-bond donors (Lipinski definition) is 1. The van der Waals surface area contributed by atoms with Crippen LogP contribution in [-0.4, -0.2) is 23.0 Å². The lowest BCUT2D eigenvalue weighted by atomic mass is 10.2. The zero-order valence-electron chi connectivity index (χ0n) is 16.7. The molecule has 0 unspecified atom stereocenters. The van der Waals surface area contributed by atoms with E-state index in [1.54, 1.807) is 24.3 Å². The SMILES string of the molecule is C=C/C=C\C(=C)Nc1nc(C)cc(N(CC)CCCC)c1[N+](=O)[O-].CC. The molecule has 0 atom stereocenters. The number of unbranched alkanes of at least 4 members (excludes halogenated alkanes) is 1. The topological polar surface area (TPSA) is 71.3 Å². The fourth-order valence-corrected chi connectivity index (χ4v) is 2.33. The quantitative estimate of drug-likeness (QED) is 0.333. The van der Waals surface area contributed by atoms with Crippen LogP contribution < -0.4 is 10.2 Å². The van der Waals surface area contributed by atoms with Crippen molar-refractivity contribution in [3.63, 3.8) is 0 Å². The lowest BCUT2D eigenvalue weighted by Crippen LogP contribution is -2.25. The summed E-state index contributed by atoms with van der Waals surface area (Å²) in [6, 6.07) is 1.77. The Morgan fingerprint density at radius 1 is 1.42 bits per heavy atom. The number of nitrogens with one attached hydrogen (secondary N) is 1. The Bertz CT molecular complexity index is 639. The van der Waals surface area contributed by atoms with Crippen LogP contribution in [0.1, 0.15) is 46.2 Å². The molecule has 1 aromatic heterocycles. The van der Waals surface area contributed by atoms with E-state index >= 15 is 0 Å². The van der Waals surface area contributed by atoms with Gasteiger partial charge in [0.15, 0.2) is 0 Å². The summed E-state index contributed by atoms with van der Waals surface area (Å²) in [5.74, 6) is 0.212. The van der Waals surface area contributed by atoms with Crippen molar-refractivity contribution in [3.8, 4) is 0 Å². The molecule has 1 heterocycles. The van der Waals surface area contributed by atoms with Crippen molar-refractivity contribution in [1.82, 2.24) is 4.98 Å². The van der Waals surface area contributed by atoms with Crippen LogP contribution >= 0.6 is 0 Å². The second-order valence-electron chi connectivity index (χ2n) is 5.42. The number of aryl methyl sites for hydroxylation is 1. The highest BCUT2D eigenvalue weighted by Crippen LogP contribution is 2.35. The highest BCUT2D eigenvalue weighted by molar-refractivity contribution is 5.76. The molecule has 0 aliphatic carbocycles. The molecule has 0 aromatic carbocycles. The molecule has 6 heteroatoms. The van der Waals surface area contributed by atoms with Crippen LogP contribution in [0, 0.1) is 17.0 Å². The molecule has 26 heavy (non-hydrogen) atoms. The first-order valence-electron chi connectivity index (χ1n) is 9.10. The number of pyridine rings is 1. The predicted octanol–water partition coefficient (Wildman–Crippen LogP) is 5.62. The fourth-order valence-electron chi connectivity index (χ4n) is 2.33. The first-order chi connectivity index (χ1) is 12.4. The third-order valence-corrected chi connectivity index (χ3v) is 3.50. The molecule has 6 nitrogen and oxygen atoms in total. The molecule has 0 aliphatic heterocycles. The average Bonchev–Trinajstić information content (AvgIpc) is 2.61. The monoisotopic (exact) mass is 360 g/mol. The summed E-state index contributed by atoms with van der Waals surface area (Å²) in [6.07, 6.45) is 7.01. The van der Waals surface area contributed by atoms with Gasteiger partial charge in [-0.1, -0.05) is 52.5 Å². The van der Waals surface area contributed by atoms with Gasteiger partial charge in [-0.25, -0.2) is 4.98 Å². The highest BCUT2D eigenvalue weighted by atomic mass is 16.6. The molecule has 0 amide bonds. The van der Waals surface area contributed by atoms with E-state index in [9.17, 15) is 10.1 Å². The third kappa shape index (κ3) is 7.09. The predicted molar refractivity (Wildman–Crippen MR) is 112 cm³/mol. The largest absolute Gasteiger partial charge is 0.366 e. The maximum atomic E-state index is 11.7. The Kier molecular flexibility index (Phi) is 11.4. The summed E-state index contributed by atoms with van der Waals surface area (Å²) in [5, 5.41) is 14.6. The van der Waals surface area contributed by atoms with Crippen LogP contribution in [0.2, 0.25) is 0 Å². The summed E-state index contributed by atoms with van der Waals surface area (Å²) in [7, 11) is 0. The molecule has 0 fully saturated rings. The van der Waals surface area contributed by atoms with E-state index in [0.29, 0.717) is 23.6 Å². The van der Waals surface area contributed by atoms with Gasteiger partial charge in [0.05, 0.1) is 4.92 Å². The van der Waals surface area contributed by atoms with Gasteiger partial charge in [0.2, 0.25) is 5.82 Å². The minimum atomic E-state index is -0.386. The summed E-state index contributed by atoms with van der Waals surface area (Å²) in [6.45, 7) is 18.8. The van der Waals surface area contributed by atoms with E-state index in [-0.39, 0.29) is 16.4 Å². The number of anilines is 2. The minimum absolute atomic E-state index is 0.0216. The Balaban J connectivity index is 0.00000301. The van der Waals surface area contributed by atoms with Crippen LogP contribution in [0.5, 0.6) is 0 Å². The zero-order valence-corrected chi connectivity index (χ0v) is 16.7. The summed E-state index contributed by atoms with van der Waals surface area (Å²) in [5.41, 5.74) is 1.80. The van der Waals surface area contributed by atoms with Gasteiger partial charge in [0, 0.05) is 24.5 Å². The zero-order chi connectivity index (χ0) is 20.1. The van der Waals surface area contributed by atoms with Crippen molar-refractivity contribution in [2.24, 2.45) is 0 Å². The number of nitro groups is 1. The Labute approximate surface area is 157 Å². The maximum absolute atomic E-state index is 11.7. The van der Waals surface area contributed by atoms with Crippen molar-refractivity contribution in [2.45, 2.75) is 47.5 Å². The van der Waals surface area contributed by atoms with E-state index in [1.807, 2.05) is 32.6 Å². The second kappa shape index (κ2) is 12.7.